The second kappa shape index (κ2) is 4.75. The Morgan fingerprint density at radius 2 is 2.00 bits per heavy atom. The van der Waals surface area contributed by atoms with Crippen LogP contribution in [0.4, 0.5) is 0 Å². The van der Waals surface area contributed by atoms with Gasteiger partial charge in [0.05, 0.1) is 13.7 Å². The van der Waals surface area contributed by atoms with Gasteiger partial charge in [-0.1, -0.05) is 13.0 Å². The molecule has 0 radical (unpaired) electrons. The zero-order valence-electron chi connectivity index (χ0n) is 8.46. The lowest BCUT2D eigenvalue weighted by atomic mass is 10.1. The van der Waals surface area contributed by atoms with Gasteiger partial charge in [0.2, 0.25) is 0 Å². The molecule has 13 heavy (non-hydrogen) atoms. The Bertz CT molecular complexity index is 269. The summed E-state index contributed by atoms with van der Waals surface area (Å²) < 4.78 is 10.6. The maximum Gasteiger partial charge on any atom is 0.125 e. The lowest BCUT2D eigenvalue weighted by Gasteiger charge is -2.09. The number of benzene rings is 1. The lowest BCUT2D eigenvalue weighted by molar-refractivity contribution is 0.335. The molecule has 0 fully saturated rings. The summed E-state index contributed by atoms with van der Waals surface area (Å²) in [4.78, 5) is 0. The van der Waals surface area contributed by atoms with Crippen LogP contribution in [0.15, 0.2) is 18.2 Å². The van der Waals surface area contributed by atoms with Gasteiger partial charge in [-0.2, -0.15) is 0 Å². The number of hydrogen-bond acceptors (Lipinski definition) is 2. The van der Waals surface area contributed by atoms with Gasteiger partial charge in [0.25, 0.3) is 0 Å². The van der Waals surface area contributed by atoms with Crippen molar-refractivity contribution in [3.8, 4) is 11.5 Å². The van der Waals surface area contributed by atoms with Crippen LogP contribution in [0.5, 0.6) is 11.5 Å². The molecular formula is C11H16O2. The first kappa shape index (κ1) is 9.90. The Hall–Kier alpha value is -1.18. The average Bonchev–Trinajstić information content (AvgIpc) is 2.18. The van der Waals surface area contributed by atoms with Gasteiger partial charge in [0.15, 0.2) is 0 Å². The van der Waals surface area contributed by atoms with Crippen molar-refractivity contribution in [1.82, 2.24) is 0 Å². The summed E-state index contributed by atoms with van der Waals surface area (Å²) >= 11 is 0. The number of aryl methyl sites for hydroxylation is 1. The van der Waals surface area contributed by atoms with Crippen molar-refractivity contribution >= 4 is 0 Å². The molecule has 0 bridgehead atoms. The molecule has 0 amide bonds. The molecule has 0 aliphatic rings. The van der Waals surface area contributed by atoms with Crippen molar-refractivity contribution < 1.29 is 9.47 Å². The summed E-state index contributed by atoms with van der Waals surface area (Å²) in [5.41, 5.74) is 1.21. The molecule has 0 aromatic heterocycles. The predicted octanol–water partition coefficient (Wildman–Crippen LogP) is 2.66. The van der Waals surface area contributed by atoms with Gasteiger partial charge in [-0.05, 0) is 25.0 Å². The van der Waals surface area contributed by atoms with Gasteiger partial charge >= 0.3 is 0 Å². The fraction of sp³-hybridized carbons (Fsp3) is 0.455. The number of ether oxygens (including phenoxy) is 2. The maximum atomic E-state index is 5.37. The van der Waals surface area contributed by atoms with Crippen molar-refractivity contribution in [1.29, 1.82) is 0 Å². The van der Waals surface area contributed by atoms with Crippen molar-refractivity contribution in [2.24, 2.45) is 0 Å². The van der Waals surface area contributed by atoms with E-state index in [-0.39, 0.29) is 0 Å². The standard InChI is InChI=1S/C11H16O2/c1-4-9-6-7-10(13-5-2)8-11(9)12-3/h6-8H,4-5H2,1-3H3. The Morgan fingerprint density at radius 3 is 2.54 bits per heavy atom. The van der Waals surface area contributed by atoms with Gasteiger partial charge in [-0.3, -0.25) is 0 Å². The van der Waals surface area contributed by atoms with Gasteiger partial charge in [0, 0.05) is 6.07 Å². The van der Waals surface area contributed by atoms with Crippen molar-refractivity contribution in [3.63, 3.8) is 0 Å². The minimum absolute atomic E-state index is 0.689. The van der Waals surface area contributed by atoms with E-state index >= 15 is 0 Å². The molecule has 1 rings (SSSR count). The molecule has 0 unspecified atom stereocenters. The molecule has 2 heteroatoms. The highest BCUT2D eigenvalue weighted by Crippen LogP contribution is 2.24. The number of methoxy groups -OCH3 is 1. The van der Waals surface area contributed by atoms with Crippen LogP contribution in [0.3, 0.4) is 0 Å². The zero-order valence-corrected chi connectivity index (χ0v) is 8.46. The van der Waals surface area contributed by atoms with Crippen LogP contribution in [0, 0.1) is 0 Å². The summed E-state index contributed by atoms with van der Waals surface area (Å²) in [7, 11) is 1.68. The molecule has 0 heterocycles. The largest absolute Gasteiger partial charge is 0.496 e. The summed E-state index contributed by atoms with van der Waals surface area (Å²) in [6.07, 6.45) is 0.982. The van der Waals surface area contributed by atoms with Gasteiger partial charge in [0.1, 0.15) is 11.5 Å². The summed E-state index contributed by atoms with van der Waals surface area (Å²) in [5.74, 6) is 1.78. The minimum atomic E-state index is 0.689. The van der Waals surface area contributed by atoms with Crippen molar-refractivity contribution in [3.05, 3.63) is 23.8 Å². The topological polar surface area (TPSA) is 18.5 Å². The Balaban J connectivity index is 2.91. The van der Waals surface area contributed by atoms with Crippen LogP contribution in [0.1, 0.15) is 19.4 Å². The second-order valence-corrected chi connectivity index (χ2v) is 2.76. The van der Waals surface area contributed by atoms with Gasteiger partial charge < -0.3 is 9.47 Å². The smallest absolute Gasteiger partial charge is 0.125 e. The molecule has 0 saturated carbocycles. The number of rotatable bonds is 4. The normalized spacial score (nSPS) is 9.77. The van der Waals surface area contributed by atoms with Crippen LogP contribution in [-0.2, 0) is 6.42 Å². The van der Waals surface area contributed by atoms with Crippen LogP contribution >= 0.6 is 0 Å². The quantitative estimate of drug-likeness (QED) is 0.709. The summed E-state index contributed by atoms with van der Waals surface area (Å²) in [5, 5.41) is 0. The first-order valence-electron chi connectivity index (χ1n) is 4.61. The number of hydrogen-bond donors (Lipinski definition) is 0. The van der Waals surface area contributed by atoms with Crippen LogP contribution in [0.2, 0.25) is 0 Å². The third-order valence-corrected chi connectivity index (χ3v) is 1.95. The average molecular weight is 180 g/mol. The third-order valence-electron chi connectivity index (χ3n) is 1.95. The van der Waals surface area contributed by atoms with Crippen LogP contribution < -0.4 is 9.47 Å². The van der Waals surface area contributed by atoms with Gasteiger partial charge in [-0.25, -0.2) is 0 Å². The van der Waals surface area contributed by atoms with E-state index in [1.54, 1.807) is 7.11 Å². The van der Waals surface area contributed by atoms with E-state index in [1.165, 1.54) is 5.56 Å². The Labute approximate surface area is 79.5 Å². The monoisotopic (exact) mass is 180 g/mol. The Morgan fingerprint density at radius 1 is 1.23 bits per heavy atom. The van der Waals surface area contributed by atoms with Crippen molar-refractivity contribution in [2.45, 2.75) is 20.3 Å². The second-order valence-electron chi connectivity index (χ2n) is 2.76. The summed E-state index contributed by atoms with van der Waals surface area (Å²) in [6, 6.07) is 5.96. The van der Waals surface area contributed by atoms with Gasteiger partial charge in [-0.15, -0.1) is 0 Å². The minimum Gasteiger partial charge on any atom is -0.496 e. The highest BCUT2D eigenvalue weighted by molar-refractivity contribution is 5.40. The SMILES string of the molecule is CCOc1ccc(CC)c(OC)c1. The zero-order chi connectivity index (χ0) is 9.68. The van der Waals surface area contributed by atoms with E-state index in [0.29, 0.717) is 6.61 Å². The fourth-order valence-electron chi connectivity index (χ4n) is 1.27. The van der Waals surface area contributed by atoms with Crippen LogP contribution in [-0.4, -0.2) is 13.7 Å². The van der Waals surface area contributed by atoms with E-state index in [4.69, 9.17) is 9.47 Å². The molecule has 0 saturated heterocycles. The molecule has 1 aromatic carbocycles. The summed E-state index contributed by atoms with van der Waals surface area (Å²) in [6.45, 7) is 4.77. The predicted molar refractivity (Wildman–Crippen MR) is 53.5 cm³/mol. The van der Waals surface area contributed by atoms with E-state index in [0.717, 1.165) is 17.9 Å². The van der Waals surface area contributed by atoms with E-state index < -0.39 is 0 Å². The molecule has 72 valence electrons. The molecule has 0 spiro atoms. The highest BCUT2D eigenvalue weighted by Gasteiger charge is 2.02. The van der Waals surface area contributed by atoms with Crippen LogP contribution in [0.25, 0.3) is 0 Å². The van der Waals surface area contributed by atoms with E-state index in [2.05, 4.69) is 6.92 Å². The first-order chi connectivity index (χ1) is 6.31. The first-order valence-corrected chi connectivity index (χ1v) is 4.61. The molecule has 0 aliphatic heterocycles. The maximum absolute atomic E-state index is 5.37. The third kappa shape index (κ3) is 2.38. The molecule has 0 aliphatic carbocycles. The van der Waals surface area contributed by atoms with Crippen molar-refractivity contribution in [2.75, 3.05) is 13.7 Å². The molecule has 0 N–H and O–H groups in total. The van der Waals surface area contributed by atoms with E-state index in [9.17, 15) is 0 Å². The van der Waals surface area contributed by atoms with E-state index in [1.807, 2.05) is 25.1 Å². The molecular weight excluding hydrogens is 164 g/mol. The molecule has 1 aromatic rings. The highest BCUT2D eigenvalue weighted by atomic mass is 16.5. The fourth-order valence-corrected chi connectivity index (χ4v) is 1.27. The molecule has 2 nitrogen and oxygen atoms in total. The lowest BCUT2D eigenvalue weighted by Crippen LogP contribution is -1.94. The molecule has 0 atom stereocenters. The Kier molecular flexibility index (Phi) is 3.62.